The van der Waals surface area contributed by atoms with Crippen molar-refractivity contribution < 1.29 is 14.3 Å². The molecule has 8 nitrogen and oxygen atoms in total. The van der Waals surface area contributed by atoms with Crippen LogP contribution in [-0.2, 0) is 9.53 Å². The van der Waals surface area contributed by atoms with Gasteiger partial charge < -0.3 is 19.7 Å². The fourth-order valence-electron chi connectivity index (χ4n) is 3.88. The molecule has 0 unspecified atom stereocenters. The van der Waals surface area contributed by atoms with E-state index in [1.54, 1.807) is 0 Å². The second-order valence-electron chi connectivity index (χ2n) is 8.42. The van der Waals surface area contributed by atoms with E-state index in [0.29, 0.717) is 11.4 Å². The van der Waals surface area contributed by atoms with Crippen LogP contribution in [0.1, 0.15) is 19.4 Å². The Kier molecular flexibility index (Phi) is 6.46. The Morgan fingerprint density at radius 1 is 1.12 bits per heavy atom. The molecule has 0 aliphatic carbocycles. The molecule has 1 fully saturated rings. The van der Waals surface area contributed by atoms with Gasteiger partial charge in [0.15, 0.2) is 6.61 Å². The molecule has 0 spiro atoms. The molecule has 0 saturated carbocycles. The van der Waals surface area contributed by atoms with Crippen molar-refractivity contribution in [2.24, 2.45) is 10.1 Å². The van der Waals surface area contributed by atoms with Gasteiger partial charge in [-0.1, -0.05) is 12.1 Å². The third-order valence-corrected chi connectivity index (χ3v) is 6.38. The number of carbonyl (C=O) groups is 1. The highest BCUT2D eigenvalue weighted by molar-refractivity contribution is 7.07. The number of thiazole rings is 1. The van der Waals surface area contributed by atoms with Crippen molar-refractivity contribution in [2.75, 3.05) is 43.1 Å². The van der Waals surface area contributed by atoms with Gasteiger partial charge in [-0.3, -0.25) is 9.79 Å². The maximum atomic E-state index is 11.8. The SMILES string of the molecule is CC(C)N=c1scc(-c2ccc3c(c2)NC(=O)CO3)n1N=Cc1ccc(N2CCOCC2)cc1. The van der Waals surface area contributed by atoms with Crippen LogP contribution in [0.2, 0.25) is 0 Å². The fraction of sp³-hybridized carbons (Fsp3) is 0.320. The Morgan fingerprint density at radius 2 is 1.91 bits per heavy atom. The lowest BCUT2D eigenvalue weighted by Gasteiger charge is -2.28. The summed E-state index contributed by atoms with van der Waals surface area (Å²) in [5.74, 6) is 0.512. The van der Waals surface area contributed by atoms with Crippen molar-refractivity contribution in [1.29, 1.82) is 0 Å². The number of aromatic nitrogens is 1. The predicted octanol–water partition coefficient (Wildman–Crippen LogP) is 3.58. The summed E-state index contributed by atoms with van der Waals surface area (Å²) >= 11 is 1.54. The molecule has 1 N–H and O–H groups in total. The van der Waals surface area contributed by atoms with Gasteiger partial charge in [-0.15, -0.1) is 11.3 Å². The summed E-state index contributed by atoms with van der Waals surface area (Å²) in [5, 5.41) is 9.70. The molecule has 1 amide bonds. The van der Waals surface area contributed by atoms with Gasteiger partial charge >= 0.3 is 0 Å². The number of ether oxygens (including phenoxy) is 2. The summed E-state index contributed by atoms with van der Waals surface area (Å²) in [6.07, 6.45) is 1.85. The maximum Gasteiger partial charge on any atom is 0.262 e. The van der Waals surface area contributed by atoms with Crippen molar-refractivity contribution in [1.82, 2.24) is 4.68 Å². The molecule has 1 saturated heterocycles. The molecule has 0 atom stereocenters. The highest BCUT2D eigenvalue weighted by Crippen LogP contribution is 2.33. The Morgan fingerprint density at radius 3 is 2.68 bits per heavy atom. The van der Waals surface area contributed by atoms with Crippen molar-refractivity contribution >= 4 is 34.8 Å². The maximum absolute atomic E-state index is 11.8. The molecule has 0 radical (unpaired) electrons. The van der Waals surface area contributed by atoms with Crippen LogP contribution in [0.4, 0.5) is 11.4 Å². The molecule has 9 heteroatoms. The molecular formula is C25H27N5O3S. The molecule has 2 aromatic carbocycles. The summed E-state index contributed by atoms with van der Waals surface area (Å²) < 4.78 is 12.8. The van der Waals surface area contributed by atoms with Crippen LogP contribution in [-0.4, -0.2) is 55.7 Å². The second-order valence-corrected chi connectivity index (χ2v) is 9.26. The number of nitrogens with zero attached hydrogens (tertiary/aromatic N) is 4. The van der Waals surface area contributed by atoms with E-state index in [0.717, 1.165) is 47.9 Å². The predicted molar refractivity (Wildman–Crippen MR) is 135 cm³/mol. The third-order valence-electron chi connectivity index (χ3n) is 5.55. The van der Waals surface area contributed by atoms with Gasteiger partial charge in [0.05, 0.1) is 30.8 Å². The lowest BCUT2D eigenvalue weighted by molar-refractivity contribution is -0.118. The van der Waals surface area contributed by atoms with E-state index in [4.69, 9.17) is 19.6 Å². The molecule has 2 aliphatic heterocycles. The van der Waals surface area contributed by atoms with Crippen molar-refractivity contribution in [3.8, 4) is 17.0 Å². The van der Waals surface area contributed by atoms with Gasteiger partial charge in [-0.05, 0) is 49.7 Å². The second kappa shape index (κ2) is 9.82. The van der Waals surface area contributed by atoms with Gasteiger partial charge in [0.2, 0.25) is 4.80 Å². The third kappa shape index (κ3) is 4.90. The largest absolute Gasteiger partial charge is 0.482 e. The van der Waals surface area contributed by atoms with Crippen LogP contribution in [0.5, 0.6) is 5.75 Å². The molecule has 1 aromatic heterocycles. The Labute approximate surface area is 202 Å². The number of hydrogen-bond donors (Lipinski definition) is 1. The Balaban J connectivity index is 1.46. The zero-order valence-corrected chi connectivity index (χ0v) is 20.0. The van der Waals surface area contributed by atoms with Gasteiger partial charge in [0.1, 0.15) is 5.75 Å². The molecule has 3 aromatic rings. The normalized spacial score (nSPS) is 16.6. The fourth-order valence-corrected chi connectivity index (χ4v) is 4.85. The number of nitrogens with one attached hydrogen (secondary N) is 1. The first-order valence-electron chi connectivity index (χ1n) is 11.4. The molecule has 34 heavy (non-hydrogen) atoms. The summed E-state index contributed by atoms with van der Waals surface area (Å²) in [4.78, 5) is 19.6. The number of anilines is 2. The van der Waals surface area contributed by atoms with Gasteiger partial charge in [-0.2, -0.15) is 5.10 Å². The molecule has 0 bridgehead atoms. The van der Waals surface area contributed by atoms with Gasteiger partial charge in [-0.25, -0.2) is 4.68 Å². The van der Waals surface area contributed by atoms with Crippen LogP contribution in [0.3, 0.4) is 0 Å². The van der Waals surface area contributed by atoms with Crippen molar-refractivity contribution in [3.63, 3.8) is 0 Å². The van der Waals surface area contributed by atoms with Crippen LogP contribution >= 0.6 is 11.3 Å². The van der Waals surface area contributed by atoms with Crippen LogP contribution < -0.4 is 19.8 Å². The van der Waals surface area contributed by atoms with Crippen LogP contribution in [0, 0.1) is 0 Å². The summed E-state index contributed by atoms with van der Waals surface area (Å²) in [5.41, 5.74) is 4.68. The summed E-state index contributed by atoms with van der Waals surface area (Å²) in [6.45, 7) is 7.48. The zero-order chi connectivity index (χ0) is 23.5. The number of hydrogen-bond acceptors (Lipinski definition) is 7. The van der Waals surface area contributed by atoms with Crippen LogP contribution in [0.15, 0.2) is 57.9 Å². The van der Waals surface area contributed by atoms with E-state index in [1.165, 1.54) is 17.0 Å². The number of fused-ring (bicyclic) bond motifs is 1. The standard InChI is InChI=1S/C25H27N5O3S/c1-17(2)27-25-30(26-14-18-3-6-20(7-4-18)29-9-11-32-12-10-29)22(16-34-25)19-5-8-23-21(13-19)28-24(31)15-33-23/h3-8,13-14,16-17H,9-12,15H2,1-2H3,(H,28,31). The number of morpholine rings is 1. The highest BCUT2D eigenvalue weighted by atomic mass is 32.1. The van der Waals surface area contributed by atoms with Gasteiger partial charge in [0.25, 0.3) is 5.91 Å². The number of benzene rings is 2. The van der Waals surface area contributed by atoms with Gasteiger partial charge in [0, 0.05) is 35.8 Å². The Hall–Kier alpha value is -3.43. The monoisotopic (exact) mass is 477 g/mol. The minimum atomic E-state index is -0.156. The lowest BCUT2D eigenvalue weighted by Crippen LogP contribution is -2.36. The average Bonchev–Trinajstić information content (AvgIpc) is 3.24. The minimum Gasteiger partial charge on any atom is -0.482 e. The number of amides is 1. The zero-order valence-electron chi connectivity index (χ0n) is 19.2. The van der Waals surface area contributed by atoms with E-state index in [-0.39, 0.29) is 18.6 Å². The van der Waals surface area contributed by atoms with E-state index in [9.17, 15) is 4.79 Å². The lowest BCUT2D eigenvalue weighted by atomic mass is 10.1. The summed E-state index contributed by atoms with van der Waals surface area (Å²) in [6, 6.07) is 14.3. The minimum absolute atomic E-state index is 0.0385. The van der Waals surface area contributed by atoms with Crippen molar-refractivity contribution in [2.45, 2.75) is 19.9 Å². The molecular weight excluding hydrogens is 450 g/mol. The van der Waals surface area contributed by atoms with Crippen LogP contribution in [0.25, 0.3) is 11.3 Å². The quantitative estimate of drug-likeness (QED) is 0.570. The number of carbonyl (C=O) groups excluding carboxylic acids is 1. The topological polar surface area (TPSA) is 80.4 Å². The highest BCUT2D eigenvalue weighted by Gasteiger charge is 2.18. The van der Waals surface area contributed by atoms with E-state index in [2.05, 4.69) is 34.5 Å². The van der Waals surface area contributed by atoms with E-state index >= 15 is 0 Å². The molecule has 176 valence electrons. The first-order chi connectivity index (χ1) is 16.6. The Bertz CT molecular complexity index is 1270. The van der Waals surface area contributed by atoms with Crippen molar-refractivity contribution in [3.05, 3.63) is 58.2 Å². The molecule has 2 aliphatic rings. The number of rotatable bonds is 5. The first kappa shape index (κ1) is 22.4. The van der Waals surface area contributed by atoms with E-state index < -0.39 is 0 Å². The molecule has 3 heterocycles. The molecule has 5 rings (SSSR count). The van der Waals surface area contributed by atoms with E-state index in [1.807, 2.05) is 48.3 Å². The smallest absolute Gasteiger partial charge is 0.262 e. The summed E-state index contributed by atoms with van der Waals surface area (Å²) in [7, 11) is 0. The average molecular weight is 478 g/mol. The first-order valence-corrected chi connectivity index (χ1v) is 12.2.